The Bertz CT molecular complexity index is 779. The number of rotatable bonds is 2. The van der Waals surface area contributed by atoms with Gasteiger partial charge >= 0.3 is 0 Å². The van der Waals surface area contributed by atoms with E-state index in [1.807, 2.05) is 0 Å². The normalized spacial score (nSPS) is 19.8. The lowest BCUT2D eigenvalue weighted by atomic mass is 9.78. The van der Waals surface area contributed by atoms with Crippen LogP contribution in [0.15, 0.2) is 24.7 Å². The Balaban J connectivity index is 1.57. The van der Waals surface area contributed by atoms with E-state index in [9.17, 15) is 9.90 Å². The van der Waals surface area contributed by atoms with Crippen molar-refractivity contribution in [3.05, 3.63) is 41.7 Å². The Labute approximate surface area is 146 Å². The van der Waals surface area contributed by atoms with E-state index in [0.29, 0.717) is 13.1 Å². The van der Waals surface area contributed by atoms with Crippen LogP contribution in [-0.4, -0.2) is 61.9 Å². The van der Waals surface area contributed by atoms with Crippen LogP contribution in [0.25, 0.3) is 0 Å². The van der Waals surface area contributed by atoms with E-state index in [2.05, 4.69) is 26.8 Å². The first-order valence-electron chi connectivity index (χ1n) is 8.87. The maximum absolute atomic E-state index is 12.7. The highest BCUT2D eigenvalue weighted by atomic mass is 16.3. The largest absolute Gasteiger partial charge is 0.505 e. The SMILES string of the molecule is CCN1CCc2[nH]cnc2C12CCN(C(=O)c1ncccc1O)CC2. The summed E-state index contributed by atoms with van der Waals surface area (Å²) in [4.78, 5) is 28.9. The third-order valence-electron chi connectivity index (χ3n) is 5.64. The molecule has 4 rings (SSSR count). The predicted octanol–water partition coefficient (Wildman–Crippen LogP) is 1.52. The second kappa shape index (κ2) is 6.15. The van der Waals surface area contributed by atoms with E-state index in [0.717, 1.165) is 38.0 Å². The molecule has 0 bridgehead atoms. The summed E-state index contributed by atoms with van der Waals surface area (Å²) in [5.74, 6) is -0.260. The smallest absolute Gasteiger partial charge is 0.276 e. The number of nitrogens with one attached hydrogen (secondary N) is 1. The summed E-state index contributed by atoms with van der Waals surface area (Å²) >= 11 is 0. The number of likely N-dealkylation sites (N-methyl/N-ethyl adjacent to an activating group) is 1. The molecule has 0 unspecified atom stereocenters. The molecule has 0 atom stereocenters. The van der Waals surface area contributed by atoms with Gasteiger partial charge in [0.25, 0.3) is 5.91 Å². The Morgan fingerprint density at radius 1 is 1.32 bits per heavy atom. The molecular formula is C18H23N5O2. The first-order valence-corrected chi connectivity index (χ1v) is 8.87. The Morgan fingerprint density at radius 3 is 2.84 bits per heavy atom. The van der Waals surface area contributed by atoms with Gasteiger partial charge in [0, 0.05) is 37.9 Å². The number of aromatic amines is 1. The number of piperidine rings is 1. The minimum atomic E-state index is -0.200. The van der Waals surface area contributed by atoms with Crippen molar-refractivity contribution in [2.45, 2.75) is 31.7 Å². The summed E-state index contributed by atoms with van der Waals surface area (Å²) in [5.41, 5.74) is 2.42. The van der Waals surface area contributed by atoms with Gasteiger partial charge in [-0.05, 0) is 31.5 Å². The molecule has 25 heavy (non-hydrogen) atoms. The molecule has 132 valence electrons. The van der Waals surface area contributed by atoms with Gasteiger partial charge in [0.15, 0.2) is 5.69 Å². The lowest BCUT2D eigenvalue weighted by Gasteiger charge is -2.50. The average molecular weight is 341 g/mol. The summed E-state index contributed by atoms with van der Waals surface area (Å²) < 4.78 is 0. The molecule has 1 amide bonds. The number of aromatic hydroxyl groups is 1. The topological polar surface area (TPSA) is 85.4 Å². The zero-order chi connectivity index (χ0) is 17.4. The number of hydrogen-bond acceptors (Lipinski definition) is 5. The van der Waals surface area contributed by atoms with Crippen LogP contribution in [0.1, 0.15) is 41.6 Å². The number of pyridine rings is 1. The zero-order valence-electron chi connectivity index (χ0n) is 14.4. The Morgan fingerprint density at radius 2 is 2.12 bits per heavy atom. The van der Waals surface area contributed by atoms with Crippen LogP contribution in [0.4, 0.5) is 0 Å². The van der Waals surface area contributed by atoms with E-state index in [4.69, 9.17) is 0 Å². The second-order valence-corrected chi connectivity index (χ2v) is 6.75. The maximum Gasteiger partial charge on any atom is 0.276 e. The molecule has 4 heterocycles. The van der Waals surface area contributed by atoms with Crippen molar-refractivity contribution in [2.75, 3.05) is 26.2 Å². The minimum absolute atomic E-state index is 0.0600. The van der Waals surface area contributed by atoms with Gasteiger partial charge in [-0.25, -0.2) is 9.97 Å². The fourth-order valence-electron chi connectivity index (χ4n) is 4.33. The fourth-order valence-corrected chi connectivity index (χ4v) is 4.33. The quantitative estimate of drug-likeness (QED) is 0.865. The average Bonchev–Trinajstić information content (AvgIpc) is 3.13. The Kier molecular flexibility index (Phi) is 3.95. The number of carbonyl (C=O) groups is 1. The third kappa shape index (κ3) is 2.50. The number of nitrogens with zero attached hydrogens (tertiary/aromatic N) is 4. The van der Waals surface area contributed by atoms with Gasteiger partial charge in [-0.15, -0.1) is 0 Å². The molecule has 1 fully saturated rings. The van der Waals surface area contributed by atoms with Crippen molar-refractivity contribution < 1.29 is 9.90 Å². The van der Waals surface area contributed by atoms with Crippen LogP contribution in [-0.2, 0) is 12.0 Å². The molecule has 0 aromatic carbocycles. The standard InChI is InChI=1S/C18H23N5O2/c1-2-23-9-5-13-16(21-12-20-13)18(23)6-10-22(11-7-18)17(25)15-14(24)4-3-8-19-15/h3-4,8,12,24H,2,5-7,9-11H2,1H3,(H,20,21). The second-order valence-electron chi connectivity index (χ2n) is 6.75. The molecule has 0 radical (unpaired) electrons. The number of carbonyl (C=O) groups excluding carboxylic acids is 1. The lowest BCUT2D eigenvalue weighted by molar-refractivity contribution is 0.00996. The van der Waals surface area contributed by atoms with Crippen molar-refractivity contribution in [1.82, 2.24) is 24.8 Å². The molecule has 1 saturated heterocycles. The predicted molar refractivity (Wildman–Crippen MR) is 92.3 cm³/mol. The van der Waals surface area contributed by atoms with Gasteiger partial charge in [-0.2, -0.15) is 0 Å². The van der Waals surface area contributed by atoms with Crippen molar-refractivity contribution in [2.24, 2.45) is 0 Å². The summed E-state index contributed by atoms with van der Waals surface area (Å²) in [5, 5.41) is 9.90. The number of hydrogen-bond donors (Lipinski definition) is 2. The minimum Gasteiger partial charge on any atom is -0.505 e. The number of fused-ring (bicyclic) bond motifs is 2. The van der Waals surface area contributed by atoms with Crippen molar-refractivity contribution in [3.63, 3.8) is 0 Å². The highest BCUT2D eigenvalue weighted by Gasteiger charge is 2.46. The van der Waals surface area contributed by atoms with E-state index in [1.165, 1.54) is 18.0 Å². The molecule has 2 aliphatic heterocycles. The van der Waals surface area contributed by atoms with Crippen LogP contribution in [0.5, 0.6) is 5.75 Å². The highest BCUT2D eigenvalue weighted by Crippen LogP contribution is 2.42. The molecule has 0 saturated carbocycles. The summed E-state index contributed by atoms with van der Waals surface area (Å²) in [7, 11) is 0. The summed E-state index contributed by atoms with van der Waals surface area (Å²) in [6, 6.07) is 3.12. The fraction of sp³-hybridized carbons (Fsp3) is 0.500. The van der Waals surface area contributed by atoms with Crippen LogP contribution >= 0.6 is 0 Å². The van der Waals surface area contributed by atoms with Gasteiger partial charge in [-0.3, -0.25) is 9.69 Å². The molecule has 2 aromatic rings. The van der Waals surface area contributed by atoms with E-state index < -0.39 is 0 Å². The molecule has 2 aliphatic rings. The van der Waals surface area contributed by atoms with Gasteiger partial charge in [0.1, 0.15) is 5.75 Å². The van der Waals surface area contributed by atoms with Crippen molar-refractivity contribution in [3.8, 4) is 5.75 Å². The number of likely N-dealkylation sites (tertiary alicyclic amines) is 1. The number of aromatic nitrogens is 3. The zero-order valence-corrected chi connectivity index (χ0v) is 14.4. The molecule has 0 aliphatic carbocycles. The number of amides is 1. The monoisotopic (exact) mass is 341 g/mol. The summed E-state index contributed by atoms with van der Waals surface area (Å²) in [6.07, 6.45) is 6.01. The van der Waals surface area contributed by atoms with Gasteiger partial charge in [0.2, 0.25) is 0 Å². The van der Waals surface area contributed by atoms with Crippen LogP contribution in [0.3, 0.4) is 0 Å². The molecule has 7 nitrogen and oxygen atoms in total. The molecule has 2 N–H and O–H groups in total. The lowest BCUT2D eigenvalue weighted by Crippen LogP contribution is -2.57. The number of imidazole rings is 1. The third-order valence-corrected chi connectivity index (χ3v) is 5.64. The van der Waals surface area contributed by atoms with Crippen LogP contribution in [0.2, 0.25) is 0 Å². The highest BCUT2D eigenvalue weighted by molar-refractivity contribution is 5.94. The Hall–Kier alpha value is -2.41. The molecular weight excluding hydrogens is 318 g/mol. The van der Waals surface area contributed by atoms with Gasteiger partial charge in [0.05, 0.1) is 17.6 Å². The van der Waals surface area contributed by atoms with Gasteiger partial charge < -0.3 is 15.0 Å². The molecule has 1 spiro atoms. The van der Waals surface area contributed by atoms with Crippen molar-refractivity contribution >= 4 is 5.91 Å². The number of H-pyrrole nitrogens is 1. The first kappa shape index (κ1) is 16.1. The van der Waals surface area contributed by atoms with Crippen LogP contribution in [0, 0.1) is 0 Å². The van der Waals surface area contributed by atoms with E-state index in [-0.39, 0.29) is 22.9 Å². The first-order chi connectivity index (χ1) is 12.2. The van der Waals surface area contributed by atoms with Crippen LogP contribution < -0.4 is 0 Å². The maximum atomic E-state index is 12.7. The van der Waals surface area contributed by atoms with E-state index in [1.54, 1.807) is 17.3 Å². The van der Waals surface area contributed by atoms with Crippen molar-refractivity contribution in [1.29, 1.82) is 0 Å². The summed E-state index contributed by atoms with van der Waals surface area (Å²) in [6.45, 7) is 5.44. The molecule has 7 heteroatoms. The van der Waals surface area contributed by atoms with Gasteiger partial charge in [-0.1, -0.05) is 6.92 Å². The van der Waals surface area contributed by atoms with E-state index >= 15 is 0 Å². The molecule has 2 aromatic heterocycles.